The minimum absolute atomic E-state index is 0.233. The first-order chi connectivity index (χ1) is 17.5. The standard InChI is InChI=1S/C27H27N5O4/c1-35-12-5-13-36-21-9-3-7-19(15-21)27(34)32-20-8-2-6-18(14-20)16-29-26-23-11-4-10-22(25(28)33)24(23)30-17-31-26/h2-4,6-11,14-15,17H,5,12-13,16H2,1H3,(H2,28,33)(H,32,34)(H,29,30,31). The van der Waals surface area contributed by atoms with Crippen LogP contribution in [0.15, 0.2) is 73.1 Å². The second-order valence-electron chi connectivity index (χ2n) is 8.02. The van der Waals surface area contributed by atoms with Gasteiger partial charge in [0.1, 0.15) is 17.9 Å². The topological polar surface area (TPSA) is 128 Å². The highest BCUT2D eigenvalue weighted by Crippen LogP contribution is 2.23. The summed E-state index contributed by atoms with van der Waals surface area (Å²) in [7, 11) is 1.65. The van der Waals surface area contributed by atoms with Crippen molar-refractivity contribution in [1.29, 1.82) is 0 Å². The van der Waals surface area contributed by atoms with E-state index < -0.39 is 5.91 Å². The third-order valence-corrected chi connectivity index (χ3v) is 5.43. The van der Waals surface area contributed by atoms with E-state index in [2.05, 4.69) is 20.6 Å². The lowest BCUT2D eigenvalue weighted by Gasteiger charge is -2.11. The van der Waals surface area contributed by atoms with Crippen LogP contribution in [0.1, 0.15) is 32.7 Å². The van der Waals surface area contributed by atoms with Crippen LogP contribution < -0.4 is 21.1 Å². The fourth-order valence-corrected chi connectivity index (χ4v) is 3.70. The van der Waals surface area contributed by atoms with Crippen LogP contribution in [0.2, 0.25) is 0 Å². The number of methoxy groups -OCH3 is 1. The maximum atomic E-state index is 12.8. The molecule has 2 amide bonds. The molecule has 0 radical (unpaired) electrons. The van der Waals surface area contributed by atoms with Crippen molar-refractivity contribution in [2.45, 2.75) is 13.0 Å². The number of nitrogens with zero attached hydrogens (tertiary/aromatic N) is 2. The lowest BCUT2D eigenvalue weighted by molar-refractivity contribution is 0.0998. The Balaban J connectivity index is 1.42. The molecule has 4 N–H and O–H groups in total. The molecule has 0 bridgehead atoms. The molecule has 1 heterocycles. The molecule has 0 fully saturated rings. The number of anilines is 2. The molecule has 9 nitrogen and oxygen atoms in total. The number of nitrogens with two attached hydrogens (primary N) is 1. The molecule has 0 aliphatic carbocycles. The minimum Gasteiger partial charge on any atom is -0.493 e. The number of rotatable bonds is 11. The SMILES string of the molecule is COCCCOc1cccc(C(=O)Nc2cccc(CNc3ncnc4c(C(N)=O)cccc34)c2)c1. The number of carbonyl (C=O) groups is 2. The number of amides is 2. The maximum absolute atomic E-state index is 12.8. The second kappa shape index (κ2) is 11.8. The first-order valence-corrected chi connectivity index (χ1v) is 11.4. The lowest BCUT2D eigenvalue weighted by atomic mass is 10.1. The summed E-state index contributed by atoms with van der Waals surface area (Å²) in [6, 6.07) is 19.8. The number of primary amides is 1. The molecule has 4 rings (SSSR count). The number of hydrogen-bond acceptors (Lipinski definition) is 7. The molecule has 0 atom stereocenters. The Hall–Kier alpha value is -4.50. The van der Waals surface area contributed by atoms with Gasteiger partial charge in [0.05, 0.1) is 17.7 Å². The predicted octanol–water partition coefficient (Wildman–Crippen LogP) is 4.01. The Bertz CT molecular complexity index is 1380. The van der Waals surface area contributed by atoms with Crippen LogP contribution >= 0.6 is 0 Å². The van der Waals surface area contributed by atoms with Gasteiger partial charge in [-0.2, -0.15) is 0 Å². The Morgan fingerprint density at radius 1 is 0.972 bits per heavy atom. The Morgan fingerprint density at radius 3 is 2.64 bits per heavy atom. The number of aromatic nitrogens is 2. The molecule has 4 aromatic rings. The van der Waals surface area contributed by atoms with Gasteiger partial charge in [-0.3, -0.25) is 9.59 Å². The van der Waals surface area contributed by atoms with Crippen molar-refractivity contribution in [2.24, 2.45) is 5.73 Å². The minimum atomic E-state index is -0.545. The van der Waals surface area contributed by atoms with E-state index in [0.29, 0.717) is 59.0 Å². The molecule has 9 heteroatoms. The van der Waals surface area contributed by atoms with Crippen LogP contribution in [0.4, 0.5) is 11.5 Å². The van der Waals surface area contributed by atoms with Crippen molar-refractivity contribution >= 4 is 34.2 Å². The van der Waals surface area contributed by atoms with Crippen molar-refractivity contribution in [1.82, 2.24) is 9.97 Å². The van der Waals surface area contributed by atoms with E-state index in [9.17, 15) is 9.59 Å². The quantitative estimate of drug-likeness (QED) is 0.274. The zero-order chi connectivity index (χ0) is 25.3. The van der Waals surface area contributed by atoms with Crippen molar-refractivity contribution in [2.75, 3.05) is 31.0 Å². The zero-order valence-corrected chi connectivity index (χ0v) is 19.9. The molecular formula is C27H27N5O4. The fourth-order valence-electron chi connectivity index (χ4n) is 3.70. The maximum Gasteiger partial charge on any atom is 0.255 e. The molecule has 0 saturated carbocycles. The molecule has 0 aliphatic heterocycles. The van der Waals surface area contributed by atoms with Crippen LogP contribution in [0.25, 0.3) is 10.9 Å². The summed E-state index contributed by atoms with van der Waals surface area (Å²) < 4.78 is 10.7. The van der Waals surface area contributed by atoms with Gasteiger partial charge in [0.25, 0.3) is 11.8 Å². The highest BCUT2D eigenvalue weighted by Gasteiger charge is 2.12. The highest BCUT2D eigenvalue weighted by atomic mass is 16.5. The van der Waals surface area contributed by atoms with E-state index in [0.717, 1.165) is 12.0 Å². The molecule has 184 valence electrons. The summed E-state index contributed by atoms with van der Waals surface area (Å²) in [5.41, 5.74) is 8.40. The Labute approximate surface area is 208 Å². The second-order valence-corrected chi connectivity index (χ2v) is 8.02. The number of fused-ring (bicyclic) bond motifs is 1. The molecule has 0 spiro atoms. The van der Waals surface area contributed by atoms with Crippen LogP contribution in [0.5, 0.6) is 5.75 Å². The summed E-state index contributed by atoms with van der Waals surface area (Å²) in [6.07, 6.45) is 2.16. The molecule has 1 aromatic heterocycles. The average Bonchev–Trinajstić information content (AvgIpc) is 2.90. The van der Waals surface area contributed by atoms with E-state index in [-0.39, 0.29) is 5.91 Å². The van der Waals surface area contributed by atoms with E-state index in [1.54, 1.807) is 37.4 Å². The van der Waals surface area contributed by atoms with Gasteiger partial charge < -0.3 is 25.8 Å². The number of ether oxygens (including phenoxy) is 2. The van der Waals surface area contributed by atoms with Gasteiger partial charge in [-0.25, -0.2) is 9.97 Å². The van der Waals surface area contributed by atoms with Gasteiger partial charge in [0, 0.05) is 43.3 Å². The summed E-state index contributed by atoms with van der Waals surface area (Å²) in [6.45, 7) is 1.58. The van der Waals surface area contributed by atoms with Crippen LogP contribution in [-0.4, -0.2) is 42.1 Å². The Morgan fingerprint density at radius 2 is 1.81 bits per heavy atom. The third-order valence-electron chi connectivity index (χ3n) is 5.43. The predicted molar refractivity (Wildman–Crippen MR) is 138 cm³/mol. The highest BCUT2D eigenvalue weighted by molar-refractivity contribution is 6.07. The van der Waals surface area contributed by atoms with Crippen molar-refractivity contribution < 1.29 is 19.1 Å². The van der Waals surface area contributed by atoms with Crippen LogP contribution in [0.3, 0.4) is 0 Å². The third kappa shape index (κ3) is 6.13. The summed E-state index contributed by atoms with van der Waals surface area (Å²) in [4.78, 5) is 33.0. The van der Waals surface area contributed by atoms with Crippen LogP contribution in [0, 0.1) is 0 Å². The first kappa shape index (κ1) is 24.6. The van der Waals surface area contributed by atoms with Gasteiger partial charge >= 0.3 is 0 Å². The van der Waals surface area contributed by atoms with Crippen LogP contribution in [-0.2, 0) is 11.3 Å². The number of para-hydroxylation sites is 1. The number of carbonyl (C=O) groups excluding carboxylic acids is 2. The number of nitrogens with one attached hydrogen (secondary N) is 2. The molecule has 3 aromatic carbocycles. The molecule has 36 heavy (non-hydrogen) atoms. The smallest absolute Gasteiger partial charge is 0.255 e. The van der Waals surface area contributed by atoms with E-state index in [1.807, 2.05) is 36.4 Å². The van der Waals surface area contributed by atoms with Crippen molar-refractivity contribution in [3.05, 3.63) is 89.7 Å². The molecular weight excluding hydrogens is 458 g/mol. The fraction of sp³-hybridized carbons (Fsp3) is 0.185. The molecule has 0 unspecified atom stereocenters. The molecule has 0 saturated heterocycles. The summed E-state index contributed by atoms with van der Waals surface area (Å²) in [5.74, 6) is 0.438. The lowest BCUT2D eigenvalue weighted by Crippen LogP contribution is -2.13. The number of hydrogen-bond donors (Lipinski definition) is 3. The van der Waals surface area contributed by atoms with E-state index in [1.165, 1.54) is 6.33 Å². The monoisotopic (exact) mass is 485 g/mol. The summed E-state index contributed by atoms with van der Waals surface area (Å²) in [5, 5.41) is 6.90. The van der Waals surface area contributed by atoms with Gasteiger partial charge in [0.2, 0.25) is 0 Å². The largest absolute Gasteiger partial charge is 0.493 e. The zero-order valence-electron chi connectivity index (χ0n) is 19.9. The normalized spacial score (nSPS) is 10.7. The van der Waals surface area contributed by atoms with E-state index in [4.69, 9.17) is 15.2 Å². The van der Waals surface area contributed by atoms with E-state index >= 15 is 0 Å². The van der Waals surface area contributed by atoms with Gasteiger partial charge in [-0.05, 0) is 48.0 Å². The summed E-state index contributed by atoms with van der Waals surface area (Å²) >= 11 is 0. The Kier molecular flexibility index (Phi) is 8.05. The van der Waals surface area contributed by atoms with Crippen molar-refractivity contribution in [3.63, 3.8) is 0 Å². The van der Waals surface area contributed by atoms with Crippen molar-refractivity contribution in [3.8, 4) is 5.75 Å². The first-order valence-electron chi connectivity index (χ1n) is 11.4. The number of benzene rings is 3. The van der Waals surface area contributed by atoms with Gasteiger partial charge in [0.15, 0.2) is 0 Å². The average molecular weight is 486 g/mol. The van der Waals surface area contributed by atoms with Gasteiger partial charge in [-0.15, -0.1) is 0 Å². The molecule has 0 aliphatic rings. The van der Waals surface area contributed by atoms with Gasteiger partial charge in [-0.1, -0.05) is 24.3 Å².